The quantitative estimate of drug-likeness (QED) is 0.559. The number of hydrogen-bond acceptors (Lipinski definition) is 4. The molecule has 5 aliphatic rings. The molecule has 1 N–H and O–H groups in total. The van der Waals surface area contributed by atoms with Crippen molar-refractivity contribution in [2.75, 3.05) is 24.5 Å². The topological polar surface area (TPSA) is 75.5 Å². The maximum Gasteiger partial charge on any atom is 0.293 e. The van der Waals surface area contributed by atoms with Crippen LogP contribution in [0.3, 0.4) is 0 Å². The van der Waals surface area contributed by atoms with Crippen LogP contribution in [-0.2, 0) is 0 Å². The molecule has 5 fully saturated rings. The van der Waals surface area contributed by atoms with Gasteiger partial charge in [0, 0.05) is 31.3 Å². The van der Waals surface area contributed by atoms with E-state index >= 15 is 0 Å². The van der Waals surface area contributed by atoms with Crippen LogP contribution in [0.1, 0.15) is 68.6 Å². The minimum Gasteiger partial charge on any atom is -0.366 e. The van der Waals surface area contributed by atoms with Gasteiger partial charge in [0.15, 0.2) is 0 Å². The minimum absolute atomic E-state index is 0.0477. The van der Waals surface area contributed by atoms with Crippen LogP contribution < -0.4 is 10.2 Å². The molecule has 1 aromatic carbocycles. The zero-order valence-corrected chi connectivity index (χ0v) is 17.9. The van der Waals surface area contributed by atoms with Crippen molar-refractivity contribution in [2.45, 2.75) is 58.3 Å². The highest BCUT2D eigenvalue weighted by Gasteiger charge is 2.50. The van der Waals surface area contributed by atoms with Gasteiger partial charge in [0.2, 0.25) is 0 Å². The molecule has 1 aliphatic heterocycles. The fourth-order valence-corrected chi connectivity index (χ4v) is 7.36. The number of nitro groups is 1. The molecule has 1 atom stereocenters. The highest BCUT2D eigenvalue weighted by Crippen LogP contribution is 2.59. The molecule has 0 unspecified atom stereocenters. The number of nitrogens with zero attached hydrogens (tertiary/aromatic N) is 2. The zero-order valence-electron chi connectivity index (χ0n) is 17.9. The number of amides is 1. The number of rotatable bonds is 5. The van der Waals surface area contributed by atoms with E-state index in [1.165, 1.54) is 44.6 Å². The number of carbonyl (C=O) groups excluding carboxylic acids is 1. The van der Waals surface area contributed by atoms with Gasteiger partial charge in [0.25, 0.3) is 11.6 Å². The van der Waals surface area contributed by atoms with Crippen molar-refractivity contribution in [1.29, 1.82) is 0 Å². The van der Waals surface area contributed by atoms with Crippen molar-refractivity contribution < 1.29 is 9.72 Å². The van der Waals surface area contributed by atoms with E-state index in [1.807, 2.05) is 0 Å². The first-order valence-corrected chi connectivity index (χ1v) is 11.7. The summed E-state index contributed by atoms with van der Waals surface area (Å²) < 4.78 is 0. The summed E-state index contributed by atoms with van der Waals surface area (Å²) >= 11 is 0. The van der Waals surface area contributed by atoms with Crippen LogP contribution in [0.5, 0.6) is 0 Å². The Morgan fingerprint density at radius 1 is 1.20 bits per heavy atom. The maximum atomic E-state index is 12.9. The van der Waals surface area contributed by atoms with Crippen molar-refractivity contribution in [3.8, 4) is 0 Å². The average molecular weight is 412 g/mol. The fraction of sp³-hybridized carbons (Fsp3) is 0.708. The van der Waals surface area contributed by atoms with Gasteiger partial charge >= 0.3 is 0 Å². The van der Waals surface area contributed by atoms with E-state index in [9.17, 15) is 14.9 Å². The summed E-state index contributed by atoms with van der Waals surface area (Å²) in [5, 5.41) is 14.9. The van der Waals surface area contributed by atoms with Crippen molar-refractivity contribution in [3.63, 3.8) is 0 Å². The lowest BCUT2D eigenvalue weighted by Crippen LogP contribution is -2.51. The molecule has 6 heteroatoms. The van der Waals surface area contributed by atoms with E-state index in [2.05, 4.69) is 17.1 Å². The minimum atomic E-state index is -0.343. The highest BCUT2D eigenvalue weighted by molar-refractivity contribution is 5.95. The molecule has 4 bridgehead atoms. The molecular formula is C24H33N3O3. The zero-order chi connectivity index (χ0) is 20.9. The molecule has 0 aromatic heterocycles. The van der Waals surface area contributed by atoms with E-state index < -0.39 is 0 Å². The number of carbonyl (C=O) groups is 1. The van der Waals surface area contributed by atoms with Crippen LogP contribution in [0.2, 0.25) is 0 Å². The molecule has 4 aliphatic carbocycles. The van der Waals surface area contributed by atoms with E-state index in [4.69, 9.17) is 0 Å². The highest BCUT2D eigenvalue weighted by atomic mass is 16.6. The Labute approximate surface area is 178 Å². The second-order valence-corrected chi connectivity index (χ2v) is 10.8. The number of nitro benzene ring substituents is 1. The van der Waals surface area contributed by atoms with Gasteiger partial charge in [-0.05, 0) is 92.6 Å². The summed E-state index contributed by atoms with van der Waals surface area (Å²) in [6.07, 6.45) is 10.1. The smallest absolute Gasteiger partial charge is 0.293 e. The molecular weight excluding hydrogens is 378 g/mol. The van der Waals surface area contributed by atoms with Crippen LogP contribution in [0, 0.1) is 39.2 Å². The van der Waals surface area contributed by atoms with Gasteiger partial charge in [-0.2, -0.15) is 0 Å². The van der Waals surface area contributed by atoms with E-state index in [-0.39, 0.29) is 21.9 Å². The lowest BCUT2D eigenvalue weighted by Gasteiger charge is -2.56. The van der Waals surface area contributed by atoms with Crippen molar-refractivity contribution in [1.82, 2.24) is 5.32 Å². The fourth-order valence-electron chi connectivity index (χ4n) is 7.36. The normalized spacial score (nSPS) is 34.8. The van der Waals surface area contributed by atoms with E-state index in [0.717, 1.165) is 43.7 Å². The number of hydrogen-bond donors (Lipinski definition) is 1. The number of anilines is 1. The molecule has 4 saturated carbocycles. The van der Waals surface area contributed by atoms with Gasteiger partial charge < -0.3 is 10.2 Å². The second kappa shape index (κ2) is 7.54. The van der Waals surface area contributed by atoms with Crippen LogP contribution >= 0.6 is 0 Å². The predicted octanol–water partition coefficient (Wildman–Crippen LogP) is 4.78. The Morgan fingerprint density at radius 3 is 2.47 bits per heavy atom. The summed E-state index contributed by atoms with van der Waals surface area (Å²) in [5.74, 6) is 2.90. The van der Waals surface area contributed by atoms with E-state index in [0.29, 0.717) is 23.7 Å². The Morgan fingerprint density at radius 2 is 1.87 bits per heavy atom. The molecule has 0 radical (unpaired) electrons. The lowest BCUT2D eigenvalue weighted by molar-refractivity contribution is -0.384. The number of benzene rings is 1. The van der Waals surface area contributed by atoms with Gasteiger partial charge in [0.05, 0.1) is 4.92 Å². The summed E-state index contributed by atoms with van der Waals surface area (Å²) in [5.41, 5.74) is 1.36. The number of nitrogens with one attached hydrogen (secondary N) is 1. The molecule has 0 spiro atoms. The van der Waals surface area contributed by atoms with Crippen molar-refractivity contribution >= 4 is 17.3 Å². The van der Waals surface area contributed by atoms with Gasteiger partial charge in [-0.3, -0.25) is 14.9 Å². The Kier molecular flexibility index (Phi) is 4.98. The summed E-state index contributed by atoms with van der Waals surface area (Å²) in [4.78, 5) is 26.4. The Hall–Kier alpha value is -2.11. The summed E-state index contributed by atoms with van der Waals surface area (Å²) in [6, 6.07) is 5.01. The Bertz CT molecular complexity index is 817. The first-order chi connectivity index (χ1) is 14.4. The average Bonchev–Trinajstić information content (AvgIpc) is 2.70. The van der Waals surface area contributed by atoms with Crippen LogP contribution in [0.4, 0.5) is 11.4 Å². The molecule has 6 nitrogen and oxygen atoms in total. The SMILES string of the molecule is C[C@@H]1CCCN(c2ccc(C(=O)NCC34CC5CC(CC(C5)C3)C4)cc2[N+](=O)[O-])C1. The van der Waals surface area contributed by atoms with Gasteiger partial charge in [0.1, 0.15) is 5.69 Å². The molecule has 6 rings (SSSR count). The van der Waals surface area contributed by atoms with Crippen molar-refractivity contribution in [3.05, 3.63) is 33.9 Å². The van der Waals surface area contributed by atoms with Gasteiger partial charge in [-0.25, -0.2) is 0 Å². The second-order valence-electron chi connectivity index (χ2n) is 10.8. The molecule has 1 amide bonds. The largest absolute Gasteiger partial charge is 0.366 e. The Balaban J connectivity index is 1.30. The van der Waals surface area contributed by atoms with Crippen LogP contribution in [-0.4, -0.2) is 30.5 Å². The molecule has 30 heavy (non-hydrogen) atoms. The number of piperidine rings is 1. The molecule has 1 saturated heterocycles. The summed E-state index contributed by atoms with van der Waals surface area (Å²) in [6.45, 7) is 4.57. The molecule has 1 heterocycles. The van der Waals surface area contributed by atoms with Gasteiger partial charge in [-0.15, -0.1) is 0 Å². The monoisotopic (exact) mass is 411 g/mol. The summed E-state index contributed by atoms with van der Waals surface area (Å²) in [7, 11) is 0. The van der Waals surface area contributed by atoms with E-state index in [1.54, 1.807) is 12.1 Å². The van der Waals surface area contributed by atoms with Crippen LogP contribution in [0.25, 0.3) is 0 Å². The predicted molar refractivity (Wildman–Crippen MR) is 117 cm³/mol. The first kappa shape index (κ1) is 19.8. The molecule has 1 aromatic rings. The standard InChI is InChI=1S/C24H33N3O3/c1-16-3-2-6-26(14-16)21-5-4-20(10-22(21)27(29)30)23(28)25-15-24-11-17-7-18(12-24)9-19(8-17)13-24/h4-5,10,16-19H,2-3,6-9,11-15H2,1H3,(H,25,28)/t16-,17?,18?,19?,24?/m1/s1. The third-order valence-corrected chi connectivity index (χ3v) is 8.22. The van der Waals surface area contributed by atoms with Crippen LogP contribution in [0.15, 0.2) is 18.2 Å². The van der Waals surface area contributed by atoms with Gasteiger partial charge in [-0.1, -0.05) is 6.92 Å². The molecule has 162 valence electrons. The van der Waals surface area contributed by atoms with Crippen molar-refractivity contribution in [2.24, 2.45) is 29.1 Å². The maximum absolute atomic E-state index is 12.9. The third kappa shape index (κ3) is 3.69. The lowest BCUT2D eigenvalue weighted by atomic mass is 9.49. The first-order valence-electron chi connectivity index (χ1n) is 11.7. The third-order valence-electron chi connectivity index (χ3n) is 8.22.